The summed E-state index contributed by atoms with van der Waals surface area (Å²) < 4.78 is 18.5. The summed E-state index contributed by atoms with van der Waals surface area (Å²) in [4.78, 5) is 0. The van der Waals surface area contributed by atoms with Gasteiger partial charge in [0.05, 0.1) is 6.61 Å². The van der Waals surface area contributed by atoms with Crippen LogP contribution in [0.2, 0.25) is 18.1 Å². The van der Waals surface area contributed by atoms with Gasteiger partial charge in [0.2, 0.25) is 0 Å². The van der Waals surface area contributed by atoms with Crippen molar-refractivity contribution in [2.45, 2.75) is 116 Å². The third kappa shape index (κ3) is 7.82. The Hall–Kier alpha value is -0.343. The van der Waals surface area contributed by atoms with Gasteiger partial charge < -0.3 is 13.9 Å². The van der Waals surface area contributed by atoms with Crippen molar-refractivity contribution >= 4 is 8.32 Å². The van der Waals surface area contributed by atoms with Gasteiger partial charge in [0.15, 0.2) is 14.1 Å². The molecule has 1 aliphatic heterocycles. The third-order valence-corrected chi connectivity index (χ3v) is 9.78. The van der Waals surface area contributed by atoms with E-state index in [1.807, 2.05) is 13.8 Å². The minimum atomic E-state index is -1.78. The first-order chi connectivity index (χ1) is 11.5. The number of rotatable bonds is 8. The SMILES string of the molecule is CCCCCCC#CC[C@H]1OC(C)(C)O[C@H]1CO[Si](C)(C)C(C)(C)C. The standard InChI is InChI=1S/C21H40O3Si/c1-9-10-11-12-13-14-15-16-18-19(24-21(5,6)23-18)17-22-25(7,8)20(2,3)4/h18-19H,9-13,16-17H2,1-8H3/t18-,19+/m1/s1. The summed E-state index contributed by atoms with van der Waals surface area (Å²) in [6.07, 6.45) is 6.75. The molecule has 0 aromatic heterocycles. The second-order valence-corrected chi connectivity index (χ2v) is 14.0. The van der Waals surface area contributed by atoms with Gasteiger partial charge in [-0.25, -0.2) is 0 Å². The second-order valence-electron chi connectivity index (χ2n) is 9.15. The Morgan fingerprint density at radius 3 is 2.24 bits per heavy atom. The zero-order valence-electron chi connectivity index (χ0n) is 17.8. The maximum absolute atomic E-state index is 6.36. The van der Waals surface area contributed by atoms with Crippen LogP contribution in [-0.2, 0) is 13.9 Å². The molecular weight excluding hydrogens is 328 g/mol. The monoisotopic (exact) mass is 368 g/mol. The average Bonchev–Trinajstić information content (AvgIpc) is 2.77. The van der Waals surface area contributed by atoms with E-state index in [0.29, 0.717) is 6.61 Å². The van der Waals surface area contributed by atoms with Crippen LogP contribution in [0.5, 0.6) is 0 Å². The zero-order valence-corrected chi connectivity index (χ0v) is 18.8. The van der Waals surface area contributed by atoms with E-state index in [1.165, 1.54) is 25.7 Å². The molecule has 0 radical (unpaired) electrons. The molecule has 4 heteroatoms. The van der Waals surface area contributed by atoms with E-state index in [4.69, 9.17) is 13.9 Å². The van der Waals surface area contributed by atoms with Crippen molar-refractivity contribution in [3.63, 3.8) is 0 Å². The van der Waals surface area contributed by atoms with Crippen LogP contribution in [0.15, 0.2) is 0 Å². The molecule has 0 aliphatic carbocycles. The van der Waals surface area contributed by atoms with Crippen LogP contribution in [-0.4, -0.2) is 32.9 Å². The van der Waals surface area contributed by atoms with Crippen LogP contribution in [0.4, 0.5) is 0 Å². The van der Waals surface area contributed by atoms with E-state index in [0.717, 1.165) is 12.8 Å². The summed E-state index contributed by atoms with van der Waals surface area (Å²) in [5.74, 6) is 6.05. The Kier molecular flexibility index (Phi) is 8.67. The molecule has 0 aromatic rings. The first-order valence-electron chi connectivity index (χ1n) is 9.94. The van der Waals surface area contributed by atoms with Crippen LogP contribution in [0.1, 0.15) is 80.1 Å². The van der Waals surface area contributed by atoms with Gasteiger partial charge in [-0.15, -0.1) is 11.8 Å². The molecule has 0 saturated carbocycles. The summed E-state index contributed by atoms with van der Waals surface area (Å²) in [6, 6.07) is 0. The number of hydrogen-bond donors (Lipinski definition) is 0. The van der Waals surface area contributed by atoms with E-state index < -0.39 is 14.1 Å². The average molecular weight is 369 g/mol. The molecule has 0 spiro atoms. The summed E-state index contributed by atoms with van der Waals surface area (Å²) >= 11 is 0. The first-order valence-corrected chi connectivity index (χ1v) is 12.8. The maximum Gasteiger partial charge on any atom is 0.192 e. The minimum Gasteiger partial charge on any atom is -0.414 e. The van der Waals surface area contributed by atoms with Crippen molar-refractivity contribution < 1.29 is 13.9 Å². The molecule has 0 N–H and O–H groups in total. The van der Waals surface area contributed by atoms with Crippen LogP contribution in [0, 0.1) is 11.8 Å². The molecule has 0 bridgehead atoms. The number of unbranched alkanes of at least 4 members (excludes halogenated alkanes) is 4. The van der Waals surface area contributed by atoms with E-state index in [-0.39, 0.29) is 17.2 Å². The number of hydrogen-bond acceptors (Lipinski definition) is 3. The van der Waals surface area contributed by atoms with Gasteiger partial charge in [-0.05, 0) is 38.4 Å². The second kappa shape index (κ2) is 9.55. The Morgan fingerprint density at radius 2 is 1.64 bits per heavy atom. The lowest BCUT2D eigenvalue weighted by Gasteiger charge is -2.37. The van der Waals surface area contributed by atoms with Crippen molar-refractivity contribution in [2.24, 2.45) is 0 Å². The van der Waals surface area contributed by atoms with Crippen molar-refractivity contribution in [2.75, 3.05) is 6.61 Å². The third-order valence-electron chi connectivity index (χ3n) is 5.28. The maximum atomic E-state index is 6.36. The van der Waals surface area contributed by atoms with Gasteiger partial charge in [-0.2, -0.15) is 0 Å². The lowest BCUT2D eigenvalue weighted by molar-refractivity contribution is -0.148. The molecule has 25 heavy (non-hydrogen) atoms. The molecule has 1 heterocycles. The van der Waals surface area contributed by atoms with Gasteiger partial charge in [0.25, 0.3) is 0 Å². The smallest absolute Gasteiger partial charge is 0.192 e. The molecular formula is C21H40O3Si. The van der Waals surface area contributed by atoms with Crippen molar-refractivity contribution in [3.8, 4) is 11.8 Å². The molecule has 1 rings (SSSR count). The quantitative estimate of drug-likeness (QED) is 0.303. The van der Waals surface area contributed by atoms with E-state index in [2.05, 4.69) is 52.6 Å². The number of ether oxygens (including phenoxy) is 2. The van der Waals surface area contributed by atoms with E-state index in [1.54, 1.807) is 0 Å². The molecule has 1 fully saturated rings. The van der Waals surface area contributed by atoms with Crippen molar-refractivity contribution in [1.29, 1.82) is 0 Å². The van der Waals surface area contributed by atoms with Crippen molar-refractivity contribution in [3.05, 3.63) is 0 Å². The fraction of sp³-hybridized carbons (Fsp3) is 0.905. The van der Waals surface area contributed by atoms with Gasteiger partial charge in [0.1, 0.15) is 12.2 Å². The Labute approximate surface area is 157 Å². The zero-order chi connectivity index (χ0) is 19.1. The van der Waals surface area contributed by atoms with Crippen LogP contribution >= 0.6 is 0 Å². The van der Waals surface area contributed by atoms with Crippen LogP contribution in [0.3, 0.4) is 0 Å². The fourth-order valence-electron chi connectivity index (χ4n) is 2.63. The highest BCUT2D eigenvalue weighted by atomic mass is 28.4. The summed E-state index contributed by atoms with van der Waals surface area (Å²) in [7, 11) is -1.78. The minimum absolute atomic E-state index is 0.00269. The lowest BCUT2D eigenvalue weighted by Crippen LogP contribution is -2.44. The largest absolute Gasteiger partial charge is 0.414 e. The highest BCUT2D eigenvalue weighted by Crippen LogP contribution is 2.38. The van der Waals surface area contributed by atoms with Crippen molar-refractivity contribution in [1.82, 2.24) is 0 Å². The normalized spacial score (nSPS) is 23.4. The highest BCUT2D eigenvalue weighted by Gasteiger charge is 2.43. The topological polar surface area (TPSA) is 27.7 Å². The first kappa shape index (κ1) is 22.7. The van der Waals surface area contributed by atoms with Crippen LogP contribution < -0.4 is 0 Å². The molecule has 3 nitrogen and oxygen atoms in total. The summed E-state index contributed by atoms with van der Waals surface area (Å²) in [5, 5.41) is 0.204. The predicted molar refractivity (Wildman–Crippen MR) is 108 cm³/mol. The van der Waals surface area contributed by atoms with Gasteiger partial charge in [-0.3, -0.25) is 0 Å². The molecule has 2 atom stereocenters. The van der Waals surface area contributed by atoms with Gasteiger partial charge in [0, 0.05) is 12.8 Å². The molecule has 1 saturated heterocycles. The molecule has 0 unspecified atom stereocenters. The van der Waals surface area contributed by atoms with Gasteiger partial charge in [-0.1, -0.05) is 47.0 Å². The van der Waals surface area contributed by atoms with Crippen LogP contribution in [0.25, 0.3) is 0 Å². The summed E-state index contributed by atoms with van der Waals surface area (Å²) in [6.45, 7) is 18.1. The Balaban J connectivity index is 2.52. The van der Waals surface area contributed by atoms with Gasteiger partial charge >= 0.3 is 0 Å². The molecule has 1 aliphatic rings. The molecule has 146 valence electrons. The summed E-state index contributed by atoms with van der Waals surface area (Å²) in [5.41, 5.74) is 0. The lowest BCUT2D eigenvalue weighted by atomic mass is 10.1. The highest BCUT2D eigenvalue weighted by molar-refractivity contribution is 6.74. The van der Waals surface area contributed by atoms with E-state index in [9.17, 15) is 0 Å². The molecule has 0 aromatic carbocycles. The fourth-order valence-corrected chi connectivity index (χ4v) is 3.65. The Bertz CT molecular complexity index is 454. The predicted octanol–water partition coefficient (Wildman–Crippen LogP) is 5.89. The Morgan fingerprint density at radius 1 is 1.00 bits per heavy atom. The molecule has 0 amide bonds. The van der Waals surface area contributed by atoms with E-state index >= 15 is 0 Å².